The molecule has 1 aliphatic carbocycles. The zero-order valence-electron chi connectivity index (χ0n) is 20.9. The number of hydrogen-bond acceptors (Lipinski definition) is 9. The summed E-state index contributed by atoms with van der Waals surface area (Å²) in [5, 5.41) is 8.37. The molecule has 0 amide bonds. The van der Waals surface area contributed by atoms with Crippen molar-refractivity contribution >= 4 is 27.3 Å². The van der Waals surface area contributed by atoms with Crippen molar-refractivity contribution in [2.75, 3.05) is 14.2 Å². The third kappa shape index (κ3) is 5.62. The van der Waals surface area contributed by atoms with Crippen LogP contribution in [-0.2, 0) is 32.5 Å². The second-order valence-corrected chi connectivity index (χ2v) is 12.1. The minimum Gasteiger partial charge on any atom is -0.497 e. The minimum absolute atomic E-state index is 0.0558. The van der Waals surface area contributed by atoms with E-state index < -0.39 is 22.0 Å². The van der Waals surface area contributed by atoms with Crippen LogP contribution in [0.5, 0.6) is 5.75 Å². The number of carbonyl (C=O) groups excluding carboxylic acids is 1. The number of hydrogen-bond donors (Lipinski definition) is 0. The molecule has 1 saturated carbocycles. The van der Waals surface area contributed by atoms with Gasteiger partial charge in [0.15, 0.2) is 6.04 Å². The first-order chi connectivity index (χ1) is 18.4. The second kappa shape index (κ2) is 11.0. The number of sulfonamides is 1. The van der Waals surface area contributed by atoms with Crippen molar-refractivity contribution in [2.45, 2.75) is 42.1 Å². The Labute approximate surface area is 224 Å². The van der Waals surface area contributed by atoms with Crippen molar-refractivity contribution < 1.29 is 22.7 Å². The molecule has 3 heterocycles. The molecule has 0 spiro atoms. The number of pyridine rings is 1. The lowest BCUT2D eigenvalue weighted by atomic mass is 10.1. The molecule has 1 aromatic carbocycles. The van der Waals surface area contributed by atoms with Gasteiger partial charge in [0.1, 0.15) is 9.96 Å². The summed E-state index contributed by atoms with van der Waals surface area (Å²) < 4.78 is 40.6. The van der Waals surface area contributed by atoms with E-state index in [9.17, 15) is 13.2 Å². The SMILES string of the molecule is COC(=O)[C@H](Cc1ccc(OC)cc1)n1cc(CN(C2CC2)S(=O)(=O)c2ccc(-c3ccccn3)s2)nn1. The van der Waals surface area contributed by atoms with Gasteiger partial charge in [-0.25, -0.2) is 17.9 Å². The van der Waals surface area contributed by atoms with Crippen molar-refractivity contribution in [3.63, 3.8) is 0 Å². The average molecular weight is 554 g/mol. The fourth-order valence-electron chi connectivity index (χ4n) is 4.10. The summed E-state index contributed by atoms with van der Waals surface area (Å²) in [5.41, 5.74) is 2.07. The molecule has 4 aromatic rings. The molecule has 0 bridgehead atoms. The van der Waals surface area contributed by atoms with Crippen LogP contribution in [0.25, 0.3) is 10.6 Å². The van der Waals surface area contributed by atoms with E-state index in [-0.39, 0.29) is 16.8 Å². The average Bonchev–Trinajstić information content (AvgIpc) is 3.45. The number of aromatic nitrogens is 4. The minimum atomic E-state index is -3.77. The maximum Gasteiger partial charge on any atom is 0.331 e. The van der Waals surface area contributed by atoms with Crippen molar-refractivity contribution in [3.8, 4) is 16.3 Å². The van der Waals surface area contributed by atoms with Crippen LogP contribution < -0.4 is 4.74 Å². The Bertz CT molecular complexity index is 1500. The Morgan fingerprint density at radius 1 is 1.13 bits per heavy atom. The van der Waals surface area contributed by atoms with E-state index in [1.807, 2.05) is 42.5 Å². The van der Waals surface area contributed by atoms with E-state index in [4.69, 9.17) is 9.47 Å². The number of rotatable bonds is 11. The Balaban J connectivity index is 1.36. The molecule has 0 saturated heterocycles. The van der Waals surface area contributed by atoms with Crippen molar-refractivity contribution in [1.82, 2.24) is 24.3 Å². The topological polar surface area (TPSA) is 117 Å². The summed E-state index contributed by atoms with van der Waals surface area (Å²) in [5.74, 6) is 0.246. The van der Waals surface area contributed by atoms with Gasteiger partial charge in [0.05, 0.1) is 43.2 Å². The quantitative estimate of drug-likeness (QED) is 0.258. The lowest BCUT2D eigenvalue weighted by Crippen LogP contribution is -2.32. The van der Waals surface area contributed by atoms with E-state index in [0.29, 0.717) is 17.9 Å². The van der Waals surface area contributed by atoms with Gasteiger partial charge in [-0.3, -0.25) is 4.98 Å². The van der Waals surface area contributed by atoms with E-state index in [1.165, 1.54) is 27.4 Å². The molecule has 1 fully saturated rings. The van der Waals surface area contributed by atoms with Crippen LogP contribution in [0.15, 0.2) is 71.2 Å². The van der Waals surface area contributed by atoms with Crippen LogP contribution in [0.2, 0.25) is 0 Å². The standard InChI is InChI=1S/C26H27N5O5S2/c1-35-21-10-6-18(7-11-21)15-23(26(32)36-2)30-16-19(28-29-30)17-31(20-8-9-20)38(33,34)25-13-12-24(37-25)22-5-3-4-14-27-22/h3-7,10-14,16,20,23H,8-9,15,17H2,1-2H3/t23-/m0/s1. The fourth-order valence-corrected chi connectivity index (χ4v) is 7.17. The summed E-state index contributed by atoms with van der Waals surface area (Å²) >= 11 is 1.19. The molecular weight excluding hydrogens is 526 g/mol. The van der Waals surface area contributed by atoms with Crippen molar-refractivity contribution in [3.05, 3.63) is 78.2 Å². The summed E-state index contributed by atoms with van der Waals surface area (Å²) in [6.07, 6.45) is 5.20. The van der Waals surface area contributed by atoms with E-state index in [0.717, 1.165) is 29.0 Å². The van der Waals surface area contributed by atoms with Crippen molar-refractivity contribution in [2.24, 2.45) is 0 Å². The molecule has 5 rings (SSSR count). The van der Waals surface area contributed by atoms with Gasteiger partial charge < -0.3 is 9.47 Å². The third-order valence-corrected chi connectivity index (χ3v) is 9.75. The number of nitrogens with zero attached hydrogens (tertiary/aromatic N) is 5. The molecule has 0 N–H and O–H groups in total. The first-order valence-corrected chi connectivity index (χ1v) is 14.3. The maximum absolute atomic E-state index is 13.6. The first-order valence-electron chi connectivity index (χ1n) is 12.0. The van der Waals surface area contributed by atoms with Gasteiger partial charge in [0.25, 0.3) is 10.0 Å². The Hall–Kier alpha value is -3.61. The van der Waals surface area contributed by atoms with E-state index in [2.05, 4.69) is 15.3 Å². The van der Waals surface area contributed by atoms with Crippen LogP contribution in [0.1, 0.15) is 30.1 Å². The molecule has 12 heteroatoms. The maximum atomic E-state index is 13.6. The molecule has 3 aromatic heterocycles. The van der Waals surface area contributed by atoms with Crippen LogP contribution in [0, 0.1) is 0 Å². The molecule has 1 aliphatic rings. The van der Waals surface area contributed by atoms with Gasteiger partial charge in [0, 0.05) is 18.7 Å². The summed E-state index contributed by atoms with van der Waals surface area (Å²) in [4.78, 5) is 17.7. The first kappa shape index (κ1) is 26.0. The number of ether oxygens (including phenoxy) is 2. The van der Waals surface area contributed by atoms with Gasteiger partial charge in [-0.1, -0.05) is 23.4 Å². The van der Waals surface area contributed by atoms with Gasteiger partial charge in [-0.2, -0.15) is 4.31 Å². The number of thiophene rings is 1. The highest BCUT2D eigenvalue weighted by molar-refractivity contribution is 7.91. The molecule has 0 radical (unpaired) electrons. The smallest absolute Gasteiger partial charge is 0.331 e. The number of esters is 1. The molecule has 1 atom stereocenters. The van der Waals surface area contributed by atoms with Crippen molar-refractivity contribution in [1.29, 1.82) is 0 Å². The Morgan fingerprint density at radius 3 is 2.58 bits per heavy atom. The van der Waals surface area contributed by atoms with E-state index in [1.54, 1.807) is 31.6 Å². The number of carbonyl (C=O) groups is 1. The van der Waals surface area contributed by atoms with Crippen LogP contribution in [0.3, 0.4) is 0 Å². The Morgan fingerprint density at radius 2 is 1.92 bits per heavy atom. The number of benzene rings is 1. The normalized spacial score (nSPS) is 14.4. The summed E-state index contributed by atoms with van der Waals surface area (Å²) in [6, 6.07) is 15.5. The van der Waals surface area contributed by atoms with Gasteiger partial charge in [0.2, 0.25) is 0 Å². The third-order valence-electron chi connectivity index (χ3n) is 6.27. The predicted molar refractivity (Wildman–Crippen MR) is 141 cm³/mol. The summed E-state index contributed by atoms with van der Waals surface area (Å²) in [6.45, 7) is 0.0558. The zero-order chi connectivity index (χ0) is 26.7. The predicted octanol–water partition coefficient (Wildman–Crippen LogP) is 3.72. The second-order valence-electron chi connectivity index (χ2n) is 8.90. The molecular formula is C26H27N5O5S2. The Kier molecular flexibility index (Phi) is 7.54. The highest BCUT2D eigenvalue weighted by Gasteiger charge is 2.39. The molecule has 38 heavy (non-hydrogen) atoms. The fraction of sp³-hybridized carbons (Fsp3) is 0.308. The lowest BCUT2D eigenvalue weighted by Gasteiger charge is -2.19. The molecule has 0 unspecified atom stereocenters. The lowest BCUT2D eigenvalue weighted by molar-refractivity contribution is -0.144. The highest BCUT2D eigenvalue weighted by atomic mass is 32.2. The van der Waals surface area contributed by atoms with E-state index >= 15 is 0 Å². The largest absolute Gasteiger partial charge is 0.497 e. The highest BCUT2D eigenvalue weighted by Crippen LogP contribution is 2.37. The van der Waals surface area contributed by atoms with Gasteiger partial charge in [-0.15, -0.1) is 16.4 Å². The summed E-state index contributed by atoms with van der Waals surface area (Å²) in [7, 11) is -0.855. The van der Waals surface area contributed by atoms with Crippen LogP contribution in [-0.4, -0.2) is 58.9 Å². The van der Waals surface area contributed by atoms with Gasteiger partial charge in [-0.05, 0) is 54.8 Å². The molecule has 0 aliphatic heterocycles. The zero-order valence-corrected chi connectivity index (χ0v) is 22.6. The monoisotopic (exact) mass is 553 g/mol. The van der Waals surface area contributed by atoms with Crippen LogP contribution in [0.4, 0.5) is 0 Å². The molecule has 10 nitrogen and oxygen atoms in total. The van der Waals surface area contributed by atoms with Crippen LogP contribution >= 0.6 is 11.3 Å². The number of methoxy groups -OCH3 is 2. The molecule has 198 valence electrons. The van der Waals surface area contributed by atoms with Gasteiger partial charge >= 0.3 is 5.97 Å².